The molecule has 2 aromatic rings. The van der Waals surface area contributed by atoms with Gasteiger partial charge in [0.25, 0.3) is 5.89 Å². The van der Waals surface area contributed by atoms with Crippen LogP contribution in [-0.4, -0.2) is 23.3 Å². The molecule has 1 unspecified atom stereocenters. The van der Waals surface area contributed by atoms with Gasteiger partial charge in [-0.15, -0.1) is 0 Å². The highest BCUT2D eigenvalue weighted by Crippen LogP contribution is 2.23. The molecule has 0 aliphatic carbocycles. The molecule has 5 nitrogen and oxygen atoms in total. The molecular weight excluding hydrogens is 254 g/mol. The van der Waals surface area contributed by atoms with E-state index in [4.69, 9.17) is 15.0 Å². The average Bonchev–Trinajstić information content (AvgIpc) is 2.95. The van der Waals surface area contributed by atoms with Gasteiger partial charge in [-0.3, -0.25) is 0 Å². The zero-order chi connectivity index (χ0) is 14.4. The number of nitrogens with zero attached hydrogens (tertiary/aromatic N) is 2. The van der Waals surface area contributed by atoms with E-state index in [1.54, 1.807) is 0 Å². The number of benzene rings is 1. The fraction of sp³-hybridized carbons (Fsp3) is 0.467. The summed E-state index contributed by atoms with van der Waals surface area (Å²) < 4.78 is 10.9. The summed E-state index contributed by atoms with van der Waals surface area (Å²) in [6.45, 7) is 5.28. The maximum Gasteiger partial charge on any atom is 0.258 e. The van der Waals surface area contributed by atoms with E-state index in [-0.39, 0.29) is 6.10 Å². The van der Waals surface area contributed by atoms with Crippen molar-refractivity contribution in [1.29, 1.82) is 0 Å². The van der Waals surface area contributed by atoms with Crippen molar-refractivity contribution in [3.8, 4) is 11.5 Å². The summed E-state index contributed by atoms with van der Waals surface area (Å²) in [4.78, 5) is 4.42. The van der Waals surface area contributed by atoms with Crippen LogP contribution in [-0.2, 0) is 11.2 Å². The molecule has 0 saturated heterocycles. The molecule has 0 aliphatic rings. The van der Waals surface area contributed by atoms with Crippen LogP contribution in [0.5, 0.6) is 0 Å². The quantitative estimate of drug-likeness (QED) is 0.841. The molecule has 0 spiro atoms. The lowest BCUT2D eigenvalue weighted by Gasteiger charge is -2.09. The van der Waals surface area contributed by atoms with Crippen molar-refractivity contribution >= 4 is 0 Å². The first-order valence-corrected chi connectivity index (χ1v) is 7.03. The second-order valence-electron chi connectivity index (χ2n) is 4.55. The molecule has 1 atom stereocenters. The SMILES string of the molecule is CCOC(CC)c1noc(-c2ccc(CCN)cc2)n1. The Morgan fingerprint density at radius 3 is 2.60 bits per heavy atom. The van der Waals surface area contributed by atoms with Crippen molar-refractivity contribution in [2.75, 3.05) is 13.2 Å². The summed E-state index contributed by atoms with van der Waals surface area (Å²) in [7, 11) is 0. The van der Waals surface area contributed by atoms with Crippen LogP contribution in [0.1, 0.15) is 37.8 Å². The molecule has 1 aromatic heterocycles. The maximum atomic E-state index is 5.58. The van der Waals surface area contributed by atoms with E-state index in [9.17, 15) is 0 Å². The molecule has 0 bridgehead atoms. The van der Waals surface area contributed by atoms with Gasteiger partial charge in [-0.1, -0.05) is 24.2 Å². The number of rotatable bonds is 7. The number of hydrogen-bond donors (Lipinski definition) is 1. The lowest BCUT2D eigenvalue weighted by molar-refractivity contribution is 0.0518. The molecule has 0 aliphatic heterocycles. The second-order valence-corrected chi connectivity index (χ2v) is 4.55. The van der Waals surface area contributed by atoms with Crippen LogP contribution < -0.4 is 5.73 Å². The topological polar surface area (TPSA) is 74.2 Å². The van der Waals surface area contributed by atoms with Crippen LogP contribution in [0.15, 0.2) is 28.8 Å². The van der Waals surface area contributed by atoms with Crippen LogP contribution in [0.25, 0.3) is 11.5 Å². The van der Waals surface area contributed by atoms with Crippen molar-refractivity contribution in [3.05, 3.63) is 35.7 Å². The van der Waals surface area contributed by atoms with Crippen LogP contribution in [0, 0.1) is 0 Å². The van der Waals surface area contributed by atoms with Crippen molar-refractivity contribution in [2.45, 2.75) is 32.8 Å². The Kier molecular flexibility index (Phi) is 5.26. The minimum atomic E-state index is -0.103. The highest BCUT2D eigenvalue weighted by Gasteiger charge is 2.17. The molecule has 1 heterocycles. The summed E-state index contributed by atoms with van der Waals surface area (Å²) in [6.07, 6.45) is 1.59. The third-order valence-electron chi connectivity index (χ3n) is 3.10. The molecule has 0 fully saturated rings. The van der Waals surface area contributed by atoms with Gasteiger partial charge in [0, 0.05) is 12.2 Å². The van der Waals surface area contributed by atoms with E-state index in [1.165, 1.54) is 5.56 Å². The van der Waals surface area contributed by atoms with E-state index in [0.29, 0.717) is 24.9 Å². The summed E-state index contributed by atoms with van der Waals surface area (Å²) >= 11 is 0. The monoisotopic (exact) mass is 275 g/mol. The smallest absolute Gasteiger partial charge is 0.258 e. The molecule has 5 heteroatoms. The zero-order valence-corrected chi connectivity index (χ0v) is 12.0. The predicted octanol–water partition coefficient (Wildman–Crippen LogP) is 2.73. The van der Waals surface area contributed by atoms with Gasteiger partial charge < -0.3 is 15.0 Å². The van der Waals surface area contributed by atoms with E-state index < -0.39 is 0 Å². The Bertz CT molecular complexity index is 522. The Morgan fingerprint density at radius 2 is 2.00 bits per heavy atom. The highest BCUT2D eigenvalue weighted by atomic mass is 16.5. The Labute approximate surface area is 119 Å². The first-order valence-electron chi connectivity index (χ1n) is 7.03. The minimum absolute atomic E-state index is 0.103. The molecule has 2 rings (SSSR count). The standard InChI is InChI=1S/C15H21N3O2/c1-3-13(19-4-2)14-17-15(20-18-14)12-7-5-11(6-8-12)9-10-16/h5-8,13H,3-4,9-10,16H2,1-2H3. The largest absolute Gasteiger partial charge is 0.370 e. The minimum Gasteiger partial charge on any atom is -0.370 e. The fourth-order valence-corrected chi connectivity index (χ4v) is 2.04. The van der Waals surface area contributed by atoms with E-state index in [0.717, 1.165) is 18.4 Å². The lowest BCUT2D eigenvalue weighted by atomic mass is 10.1. The van der Waals surface area contributed by atoms with Crippen molar-refractivity contribution in [3.63, 3.8) is 0 Å². The van der Waals surface area contributed by atoms with E-state index >= 15 is 0 Å². The van der Waals surface area contributed by atoms with Gasteiger partial charge in [0.15, 0.2) is 0 Å². The Hall–Kier alpha value is -1.72. The van der Waals surface area contributed by atoms with Crippen LogP contribution in [0.2, 0.25) is 0 Å². The Balaban J connectivity index is 2.15. The lowest BCUT2D eigenvalue weighted by Crippen LogP contribution is -2.04. The third kappa shape index (κ3) is 3.43. The number of aromatic nitrogens is 2. The van der Waals surface area contributed by atoms with Crippen molar-refractivity contribution in [1.82, 2.24) is 10.1 Å². The predicted molar refractivity (Wildman–Crippen MR) is 77.2 cm³/mol. The fourth-order valence-electron chi connectivity index (χ4n) is 2.04. The molecule has 0 saturated carbocycles. The number of ether oxygens (including phenoxy) is 1. The summed E-state index contributed by atoms with van der Waals surface area (Å²) in [5.74, 6) is 1.13. The Morgan fingerprint density at radius 1 is 1.25 bits per heavy atom. The molecule has 0 amide bonds. The summed E-state index contributed by atoms with van der Waals surface area (Å²) in [6, 6.07) is 8.02. The maximum absolute atomic E-state index is 5.58. The van der Waals surface area contributed by atoms with Gasteiger partial charge >= 0.3 is 0 Å². The van der Waals surface area contributed by atoms with Crippen molar-refractivity contribution < 1.29 is 9.26 Å². The van der Waals surface area contributed by atoms with Crippen LogP contribution in [0.4, 0.5) is 0 Å². The van der Waals surface area contributed by atoms with E-state index in [1.807, 2.05) is 38.1 Å². The first-order chi connectivity index (χ1) is 9.78. The van der Waals surface area contributed by atoms with Gasteiger partial charge in [0.1, 0.15) is 6.10 Å². The van der Waals surface area contributed by atoms with Crippen LogP contribution >= 0.6 is 0 Å². The molecule has 0 radical (unpaired) electrons. The van der Waals surface area contributed by atoms with Crippen LogP contribution in [0.3, 0.4) is 0 Å². The molecule has 2 N–H and O–H groups in total. The molecule has 20 heavy (non-hydrogen) atoms. The van der Waals surface area contributed by atoms with Gasteiger partial charge in [0.05, 0.1) is 0 Å². The van der Waals surface area contributed by atoms with E-state index in [2.05, 4.69) is 10.1 Å². The summed E-state index contributed by atoms with van der Waals surface area (Å²) in [5.41, 5.74) is 7.65. The molecule has 1 aromatic carbocycles. The number of hydrogen-bond acceptors (Lipinski definition) is 5. The van der Waals surface area contributed by atoms with Crippen molar-refractivity contribution in [2.24, 2.45) is 5.73 Å². The first kappa shape index (κ1) is 14.7. The highest BCUT2D eigenvalue weighted by molar-refractivity contribution is 5.53. The third-order valence-corrected chi connectivity index (χ3v) is 3.10. The van der Waals surface area contributed by atoms with Gasteiger partial charge in [-0.2, -0.15) is 4.98 Å². The van der Waals surface area contributed by atoms with Gasteiger partial charge in [0.2, 0.25) is 5.82 Å². The average molecular weight is 275 g/mol. The van der Waals surface area contributed by atoms with Gasteiger partial charge in [-0.05, 0) is 44.0 Å². The second kappa shape index (κ2) is 7.17. The normalized spacial score (nSPS) is 12.6. The number of nitrogens with two attached hydrogens (primary N) is 1. The molecular formula is C15H21N3O2. The molecule has 108 valence electrons. The summed E-state index contributed by atoms with van der Waals surface area (Å²) in [5, 5.41) is 4.01. The van der Waals surface area contributed by atoms with Gasteiger partial charge in [-0.25, -0.2) is 0 Å². The zero-order valence-electron chi connectivity index (χ0n) is 12.0.